The van der Waals surface area contributed by atoms with Crippen molar-refractivity contribution >= 4 is 23.4 Å². The van der Waals surface area contributed by atoms with Crippen molar-refractivity contribution in [3.05, 3.63) is 29.8 Å². The Labute approximate surface area is 178 Å². The van der Waals surface area contributed by atoms with Crippen LogP contribution in [0.15, 0.2) is 24.3 Å². The number of carbonyl (C=O) groups is 2. The van der Waals surface area contributed by atoms with E-state index in [1.54, 1.807) is 24.1 Å². The highest BCUT2D eigenvalue weighted by Gasteiger charge is 2.32. The summed E-state index contributed by atoms with van der Waals surface area (Å²) in [6.07, 6.45) is 6.06. The molecule has 0 aliphatic heterocycles. The maximum Gasteiger partial charge on any atom is 0.247 e. The lowest BCUT2D eigenvalue weighted by atomic mass is 9.94. The van der Waals surface area contributed by atoms with Crippen molar-refractivity contribution in [2.45, 2.75) is 57.5 Å². The molecule has 7 heteroatoms. The molecule has 1 saturated carbocycles. The third kappa shape index (κ3) is 7.19. The minimum Gasteiger partial charge on any atom is -0.497 e. The van der Waals surface area contributed by atoms with Gasteiger partial charge in [-0.15, -0.1) is 11.6 Å². The van der Waals surface area contributed by atoms with Crippen LogP contribution in [0.5, 0.6) is 5.75 Å². The Bertz CT molecular complexity index is 632. The summed E-state index contributed by atoms with van der Waals surface area (Å²) in [4.78, 5) is 27.5. The molecule has 0 heterocycles. The number of methoxy groups -OCH3 is 1. The maximum atomic E-state index is 13.3. The van der Waals surface area contributed by atoms with Crippen molar-refractivity contribution in [2.75, 3.05) is 32.7 Å². The summed E-state index contributed by atoms with van der Waals surface area (Å²) >= 11 is 5.89. The van der Waals surface area contributed by atoms with E-state index in [1.165, 1.54) is 6.42 Å². The van der Waals surface area contributed by atoms with E-state index in [-0.39, 0.29) is 23.7 Å². The molecule has 29 heavy (non-hydrogen) atoms. The van der Waals surface area contributed by atoms with E-state index in [0.29, 0.717) is 31.9 Å². The van der Waals surface area contributed by atoms with E-state index in [9.17, 15) is 9.59 Å². The van der Waals surface area contributed by atoms with E-state index in [0.717, 1.165) is 31.2 Å². The predicted molar refractivity (Wildman–Crippen MR) is 114 cm³/mol. The Kier molecular flexibility index (Phi) is 10.3. The number of benzene rings is 1. The topological polar surface area (TPSA) is 67.9 Å². The zero-order valence-electron chi connectivity index (χ0n) is 17.5. The van der Waals surface area contributed by atoms with Crippen molar-refractivity contribution in [1.82, 2.24) is 10.2 Å². The molecule has 0 saturated heterocycles. The molecule has 0 aromatic heterocycles. The van der Waals surface area contributed by atoms with Gasteiger partial charge in [-0.2, -0.15) is 0 Å². The predicted octanol–water partition coefficient (Wildman–Crippen LogP) is 3.68. The average molecular weight is 425 g/mol. The molecular formula is C22H33ClN2O4. The zero-order chi connectivity index (χ0) is 21.1. The van der Waals surface area contributed by atoms with Gasteiger partial charge in [-0.25, -0.2) is 0 Å². The Morgan fingerprint density at radius 3 is 2.48 bits per heavy atom. The Hall–Kier alpha value is -1.79. The van der Waals surface area contributed by atoms with E-state index in [4.69, 9.17) is 21.1 Å². The van der Waals surface area contributed by atoms with Crippen molar-refractivity contribution in [3.8, 4) is 5.75 Å². The van der Waals surface area contributed by atoms with Gasteiger partial charge in [-0.1, -0.05) is 31.4 Å². The lowest BCUT2D eigenvalue weighted by molar-refractivity contribution is -0.139. The second-order valence-corrected chi connectivity index (χ2v) is 7.56. The van der Waals surface area contributed by atoms with Crippen LogP contribution in [-0.2, 0) is 14.3 Å². The van der Waals surface area contributed by atoms with Gasteiger partial charge >= 0.3 is 0 Å². The molecule has 1 aliphatic rings. The van der Waals surface area contributed by atoms with Crippen LogP contribution >= 0.6 is 11.6 Å². The first-order chi connectivity index (χ1) is 14.1. The molecule has 1 atom stereocenters. The summed E-state index contributed by atoms with van der Waals surface area (Å²) < 4.78 is 10.6. The molecule has 0 bridgehead atoms. The van der Waals surface area contributed by atoms with Crippen LogP contribution in [0.3, 0.4) is 0 Å². The van der Waals surface area contributed by atoms with Crippen LogP contribution in [0.4, 0.5) is 0 Å². The summed E-state index contributed by atoms with van der Waals surface area (Å²) in [6, 6.07) is 6.71. The molecule has 2 amide bonds. The van der Waals surface area contributed by atoms with Crippen molar-refractivity contribution in [1.29, 1.82) is 0 Å². The second-order valence-electron chi connectivity index (χ2n) is 7.29. The first-order valence-electron chi connectivity index (χ1n) is 10.5. The molecule has 1 aromatic carbocycles. The fraction of sp³-hybridized carbons (Fsp3) is 0.636. The monoisotopic (exact) mass is 424 g/mol. The lowest BCUT2D eigenvalue weighted by Crippen LogP contribution is -2.47. The first kappa shape index (κ1) is 23.5. The highest BCUT2D eigenvalue weighted by atomic mass is 35.5. The SMILES string of the molecule is CCOCCCN(C(=O)CCl)[C@H](C(=O)NC1CCCCC1)c1ccc(OC)cc1. The minimum absolute atomic E-state index is 0.156. The summed E-state index contributed by atoms with van der Waals surface area (Å²) in [6.45, 7) is 3.48. The third-order valence-electron chi connectivity index (χ3n) is 5.27. The number of halogens is 1. The smallest absolute Gasteiger partial charge is 0.247 e. The van der Waals surface area contributed by atoms with Gasteiger partial charge in [0.2, 0.25) is 11.8 Å². The maximum absolute atomic E-state index is 13.3. The van der Waals surface area contributed by atoms with Crippen LogP contribution in [0.2, 0.25) is 0 Å². The molecule has 1 aromatic rings. The molecule has 0 unspecified atom stereocenters. The van der Waals surface area contributed by atoms with Crippen LogP contribution in [0.25, 0.3) is 0 Å². The molecule has 0 spiro atoms. The normalized spacial score (nSPS) is 15.6. The first-order valence-corrected chi connectivity index (χ1v) is 11.0. The Morgan fingerprint density at radius 1 is 1.21 bits per heavy atom. The molecule has 1 N–H and O–H groups in total. The number of ether oxygens (including phenoxy) is 2. The van der Waals surface area contributed by atoms with Crippen molar-refractivity contribution in [3.63, 3.8) is 0 Å². The minimum atomic E-state index is -0.726. The van der Waals surface area contributed by atoms with Gasteiger partial charge < -0.3 is 19.7 Å². The van der Waals surface area contributed by atoms with E-state index >= 15 is 0 Å². The van der Waals surface area contributed by atoms with Crippen LogP contribution < -0.4 is 10.1 Å². The molecule has 1 aliphatic carbocycles. The lowest BCUT2D eigenvalue weighted by Gasteiger charge is -2.33. The molecule has 0 radical (unpaired) electrons. The quantitative estimate of drug-likeness (QED) is 0.434. The Morgan fingerprint density at radius 2 is 1.90 bits per heavy atom. The van der Waals surface area contributed by atoms with Gasteiger partial charge in [-0.3, -0.25) is 9.59 Å². The van der Waals surface area contributed by atoms with Crippen LogP contribution in [-0.4, -0.2) is 55.5 Å². The van der Waals surface area contributed by atoms with Gasteiger partial charge in [0.15, 0.2) is 0 Å². The number of hydrogen-bond donors (Lipinski definition) is 1. The number of alkyl halides is 1. The molecule has 2 rings (SSSR count). The van der Waals surface area contributed by atoms with Gasteiger partial charge in [0, 0.05) is 25.8 Å². The summed E-state index contributed by atoms with van der Waals surface area (Å²) in [5.74, 6) is 0.115. The van der Waals surface area contributed by atoms with Gasteiger partial charge in [0.05, 0.1) is 7.11 Å². The van der Waals surface area contributed by atoms with Crippen LogP contribution in [0, 0.1) is 0 Å². The van der Waals surface area contributed by atoms with E-state index in [1.807, 2.05) is 19.1 Å². The number of nitrogens with one attached hydrogen (secondary N) is 1. The van der Waals surface area contributed by atoms with Gasteiger partial charge in [-0.05, 0) is 43.9 Å². The van der Waals surface area contributed by atoms with Gasteiger partial charge in [0.1, 0.15) is 17.7 Å². The number of hydrogen-bond acceptors (Lipinski definition) is 4. The highest BCUT2D eigenvalue weighted by molar-refractivity contribution is 6.27. The standard InChI is InChI=1S/C22H33ClN2O4/c1-3-29-15-7-14-25(20(26)16-23)21(17-10-12-19(28-2)13-11-17)22(27)24-18-8-5-4-6-9-18/h10-13,18,21H,3-9,14-16H2,1-2H3,(H,24,27)/t21-/m0/s1. The number of rotatable bonds is 11. The van der Waals surface area contributed by atoms with Gasteiger partial charge in [0.25, 0.3) is 0 Å². The third-order valence-corrected chi connectivity index (χ3v) is 5.50. The molecular weight excluding hydrogens is 392 g/mol. The van der Waals surface area contributed by atoms with Crippen molar-refractivity contribution in [2.24, 2.45) is 0 Å². The Balaban J connectivity index is 2.25. The number of carbonyl (C=O) groups excluding carboxylic acids is 2. The largest absolute Gasteiger partial charge is 0.497 e. The zero-order valence-corrected chi connectivity index (χ0v) is 18.2. The fourth-order valence-corrected chi connectivity index (χ4v) is 3.90. The van der Waals surface area contributed by atoms with Crippen LogP contribution in [0.1, 0.15) is 57.1 Å². The number of nitrogens with zero attached hydrogens (tertiary/aromatic N) is 1. The van der Waals surface area contributed by atoms with E-state index in [2.05, 4.69) is 5.32 Å². The van der Waals surface area contributed by atoms with Crippen molar-refractivity contribution < 1.29 is 19.1 Å². The summed E-state index contributed by atoms with van der Waals surface area (Å²) in [5, 5.41) is 3.17. The van der Waals surface area contributed by atoms with E-state index < -0.39 is 6.04 Å². The molecule has 6 nitrogen and oxygen atoms in total. The summed E-state index contributed by atoms with van der Waals surface area (Å²) in [7, 11) is 1.60. The average Bonchev–Trinajstić information content (AvgIpc) is 2.76. The highest BCUT2D eigenvalue weighted by Crippen LogP contribution is 2.26. The summed E-state index contributed by atoms with van der Waals surface area (Å²) in [5.41, 5.74) is 0.744. The fourth-order valence-electron chi connectivity index (χ4n) is 3.74. The number of amides is 2. The molecule has 1 fully saturated rings. The molecule has 162 valence electrons. The second kappa shape index (κ2) is 12.7.